The zero-order chi connectivity index (χ0) is 21.7. The van der Waals surface area contributed by atoms with E-state index in [4.69, 9.17) is 0 Å². The second kappa shape index (κ2) is 10.8. The lowest BCUT2D eigenvalue weighted by Crippen LogP contribution is -2.19. The lowest BCUT2D eigenvalue weighted by molar-refractivity contribution is -0.118. The summed E-state index contributed by atoms with van der Waals surface area (Å²) in [5.41, 5.74) is 1.17. The van der Waals surface area contributed by atoms with E-state index in [9.17, 15) is 17.6 Å². The third-order valence-corrected chi connectivity index (χ3v) is 7.05. The average Bonchev–Trinajstić information content (AvgIpc) is 3.17. The van der Waals surface area contributed by atoms with Gasteiger partial charge >= 0.3 is 0 Å². The van der Waals surface area contributed by atoms with Crippen LogP contribution in [0.15, 0.2) is 70.6 Å². The molecular weight excluding hydrogens is 461 g/mol. The van der Waals surface area contributed by atoms with Gasteiger partial charge in [-0.05, 0) is 49.0 Å². The third-order valence-electron chi connectivity index (χ3n) is 4.38. The molecule has 2 N–H and O–H groups in total. The molecule has 0 radical (unpaired) electrons. The van der Waals surface area contributed by atoms with Crippen LogP contribution in [-0.4, -0.2) is 38.1 Å². The van der Waals surface area contributed by atoms with E-state index in [-0.39, 0.29) is 40.2 Å². The van der Waals surface area contributed by atoms with Gasteiger partial charge in [0.2, 0.25) is 5.91 Å². The molecule has 0 saturated carbocycles. The van der Waals surface area contributed by atoms with Crippen LogP contribution in [0.25, 0.3) is 11.3 Å². The summed E-state index contributed by atoms with van der Waals surface area (Å²) in [5.74, 6) is -0.480. The highest BCUT2D eigenvalue weighted by molar-refractivity contribution is 8.00. The van der Waals surface area contributed by atoms with Crippen LogP contribution < -0.4 is 10.6 Å². The number of nitrogens with zero attached hydrogens (tertiary/aromatic N) is 1. The Morgan fingerprint density at radius 1 is 1.10 bits per heavy atom. The quantitative estimate of drug-likeness (QED) is 0.479. The van der Waals surface area contributed by atoms with Crippen molar-refractivity contribution in [2.45, 2.75) is 16.3 Å². The number of thioether (sulfide) groups is 1. The number of benzene rings is 2. The zero-order valence-corrected chi connectivity index (χ0v) is 19.4. The topological polar surface area (TPSA) is 80.2 Å². The van der Waals surface area contributed by atoms with Gasteiger partial charge in [-0.15, -0.1) is 24.2 Å². The maximum atomic E-state index is 14.4. The third kappa shape index (κ3) is 5.68. The van der Waals surface area contributed by atoms with Crippen molar-refractivity contribution in [2.24, 2.45) is 0 Å². The molecule has 1 aromatic heterocycles. The summed E-state index contributed by atoms with van der Waals surface area (Å²) < 4.78 is 42.4. The first-order chi connectivity index (χ1) is 14.4. The van der Waals surface area contributed by atoms with Crippen LogP contribution in [0.1, 0.15) is 5.56 Å². The fourth-order valence-electron chi connectivity index (χ4n) is 2.92. The van der Waals surface area contributed by atoms with Gasteiger partial charge < -0.3 is 10.6 Å². The van der Waals surface area contributed by atoms with E-state index >= 15 is 0 Å². The number of hydrogen-bond donors (Lipinski definition) is 2. The molecule has 1 heterocycles. The van der Waals surface area contributed by atoms with E-state index < -0.39 is 15.8 Å². The lowest BCUT2D eigenvalue weighted by atomic mass is 10.1. The van der Waals surface area contributed by atoms with Gasteiger partial charge in [0, 0.05) is 30.2 Å². The Bertz CT molecular complexity index is 1170. The van der Waals surface area contributed by atoms with Crippen molar-refractivity contribution in [3.8, 4) is 11.3 Å². The highest BCUT2D eigenvalue weighted by Crippen LogP contribution is 2.30. The second-order valence-corrected chi connectivity index (χ2v) is 9.35. The van der Waals surface area contributed by atoms with Crippen molar-refractivity contribution < 1.29 is 17.6 Å². The molecule has 2 aromatic carbocycles. The molecule has 0 atom stereocenters. The van der Waals surface area contributed by atoms with E-state index in [1.807, 2.05) is 0 Å². The van der Waals surface area contributed by atoms with Crippen LogP contribution >= 0.6 is 24.2 Å². The van der Waals surface area contributed by atoms with Gasteiger partial charge in [0.15, 0.2) is 0 Å². The Kier molecular flexibility index (Phi) is 8.69. The number of carbonyl (C=O) groups is 1. The van der Waals surface area contributed by atoms with Gasteiger partial charge in [-0.1, -0.05) is 18.2 Å². The van der Waals surface area contributed by atoms with Gasteiger partial charge in [0.1, 0.15) is 5.82 Å². The van der Waals surface area contributed by atoms with Gasteiger partial charge in [-0.25, -0.2) is 16.8 Å². The number of carbonyl (C=O) groups excluding carboxylic acids is 1. The molecule has 0 aliphatic rings. The first-order valence-corrected chi connectivity index (χ1v) is 11.6. The van der Waals surface area contributed by atoms with Crippen molar-refractivity contribution in [3.63, 3.8) is 0 Å². The Labute approximate surface area is 191 Å². The first kappa shape index (κ1) is 24.9. The normalized spacial score (nSPS) is 11.1. The molecule has 1 amide bonds. The molecule has 3 rings (SSSR count). The number of rotatable bonds is 8. The number of hydrogen-bond acceptors (Lipinski definition) is 5. The smallest absolute Gasteiger partial charge is 0.268 e. The van der Waals surface area contributed by atoms with Crippen molar-refractivity contribution >= 4 is 40.1 Å². The maximum Gasteiger partial charge on any atom is 0.268 e. The van der Waals surface area contributed by atoms with Crippen LogP contribution in [-0.2, 0) is 21.4 Å². The summed E-state index contributed by atoms with van der Waals surface area (Å²) >= 11 is 1.24. The Hall–Kier alpha value is -2.33. The predicted molar refractivity (Wildman–Crippen MR) is 124 cm³/mol. The average molecular weight is 484 g/mol. The lowest BCUT2D eigenvalue weighted by Gasteiger charge is -2.12. The molecule has 0 aliphatic carbocycles. The van der Waals surface area contributed by atoms with Crippen LogP contribution in [0.4, 0.5) is 4.39 Å². The SMILES string of the molecule is CNCc1cc(-c2ccccc2F)n(S(=O)(=O)c2cccc(SCC(=O)NC)c2)c1.Cl. The number of aromatic nitrogens is 1. The molecule has 0 spiro atoms. The van der Waals surface area contributed by atoms with Gasteiger partial charge in [0.25, 0.3) is 10.0 Å². The Morgan fingerprint density at radius 2 is 1.84 bits per heavy atom. The number of amides is 1. The zero-order valence-electron chi connectivity index (χ0n) is 17.0. The molecule has 6 nitrogen and oxygen atoms in total. The van der Waals surface area contributed by atoms with E-state index in [0.717, 1.165) is 3.97 Å². The Morgan fingerprint density at radius 3 is 2.52 bits per heavy atom. The number of halogens is 2. The maximum absolute atomic E-state index is 14.4. The summed E-state index contributed by atoms with van der Waals surface area (Å²) in [4.78, 5) is 12.2. The minimum atomic E-state index is -3.99. The summed E-state index contributed by atoms with van der Waals surface area (Å²) in [6.45, 7) is 0.437. The van der Waals surface area contributed by atoms with Crippen molar-refractivity contribution in [2.75, 3.05) is 19.8 Å². The molecule has 31 heavy (non-hydrogen) atoms. The fraction of sp³-hybridized carbons (Fsp3) is 0.190. The molecule has 0 aliphatic heterocycles. The molecule has 0 bridgehead atoms. The van der Waals surface area contributed by atoms with E-state index in [0.29, 0.717) is 17.0 Å². The van der Waals surface area contributed by atoms with Crippen LogP contribution in [0, 0.1) is 5.82 Å². The highest BCUT2D eigenvalue weighted by Gasteiger charge is 2.23. The molecular formula is C21H23ClFN3O3S2. The minimum Gasteiger partial charge on any atom is -0.358 e. The van der Waals surface area contributed by atoms with E-state index in [2.05, 4.69) is 10.6 Å². The van der Waals surface area contributed by atoms with E-state index in [1.54, 1.807) is 50.5 Å². The summed E-state index contributed by atoms with van der Waals surface area (Å²) in [5, 5.41) is 5.51. The van der Waals surface area contributed by atoms with E-state index in [1.165, 1.54) is 36.2 Å². The molecule has 0 unspecified atom stereocenters. The highest BCUT2D eigenvalue weighted by atomic mass is 35.5. The minimum absolute atomic E-state index is 0. The Balaban J connectivity index is 0.00000341. The fourth-order valence-corrected chi connectivity index (χ4v) is 5.26. The summed E-state index contributed by atoms with van der Waals surface area (Å²) in [7, 11) is -0.694. The molecule has 3 aromatic rings. The first-order valence-electron chi connectivity index (χ1n) is 9.16. The second-order valence-electron chi connectivity index (χ2n) is 6.48. The van der Waals surface area contributed by atoms with Crippen LogP contribution in [0.3, 0.4) is 0 Å². The molecule has 0 fully saturated rings. The molecule has 0 saturated heterocycles. The monoisotopic (exact) mass is 483 g/mol. The molecule has 10 heteroatoms. The largest absolute Gasteiger partial charge is 0.358 e. The number of nitrogens with one attached hydrogen (secondary N) is 2. The summed E-state index contributed by atoms with van der Waals surface area (Å²) in [6.07, 6.45) is 1.50. The van der Waals surface area contributed by atoms with Crippen molar-refractivity contribution in [1.29, 1.82) is 0 Å². The van der Waals surface area contributed by atoms with Gasteiger partial charge in [-0.3, -0.25) is 4.79 Å². The van der Waals surface area contributed by atoms with Gasteiger partial charge in [-0.2, -0.15) is 0 Å². The predicted octanol–water partition coefficient (Wildman–Crippen LogP) is 3.51. The summed E-state index contributed by atoms with van der Waals surface area (Å²) in [6, 6.07) is 14.1. The van der Waals surface area contributed by atoms with Crippen LogP contribution in [0.5, 0.6) is 0 Å². The standard InChI is InChI=1S/C21H22FN3O3S2.ClH/c1-23-12-15-10-20(18-8-3-4-9-19(18)22)25(13-15)30(27,28)17-7-5-6-16(11-17)29-14-21(26)24-2;/h3-11,13,23H,12,14H2,1-2H3,(H,24,26);1H. The van der Waals surface area contributed by atoms with Crippen molar-refractivity contribution in [3.05, 3.63) is 72.2 Å². The van der Waals surface area contributed by atoms with Crippen LogP contribution in [0.2, 0.25) is 0 Å². The van der Waals surface area contributed by atoms with Gasteiger partial charge in [0.05, 0.1) is 16.3 Å². The molecule has 166 valence electrons. The van der Waals surface area contributed by atoms with Crippen molar-refractivity contribution in [1.82, 2.24) is 14.6 Å².